The topological polar surface area (TPSA) is 35.2 Å². The highest BCUT2D eigenvalue weighted by Crippen LogP contribution is 2.28. The molecule has 2 N–H and O–H groups in total. The van der Waals surface area contributed by atoms with Crippen molar-refractivity contribution in [1.82, 2.24) is 0 Å². The van der Waals surface area contributed by atoms with Gasteiger partial charge in [-0.25, -0.2) is 0 Å². The summed E-state index contributed by atoms with van der Waals surface area (Å²) in [4.78, 5) is 0. The lowest BCUT2D eigenvalue weighted by Gasteiger charge is -2.18. The average molecular weight is 296 g/mol. The molecule has 0 spiro atoms. The van der Waals surface area contributed by atoms with E-state index in [-0.39, 0.29) is 6.10 Å². The van der Waals surface area contributed by atoms with Crippen LogP contribution in [0.3, 0.4) is 0 Å². The molecule has 0 amide bonds. The molecule has 0 aliphatic rings. The van der Waals surface area contributed by atoms with Gasteiger partial charge in [0, 0.05) is 16.6 Å². The Morgan fingerprint density at radius 3 is 2.37 bits per heavy atom. The van der Waals surface area contributed by atoms with Crippen molar-refractivity contribution in [1.29, 1.82) is 0 Å². The van der Waals surface area contributed by atoms with Crippen molar-refractivity contribution < 1.29 is 4.74 Å². The van der Waals surface area contributed by atoms with Crippen molar-refractivity contribution in [3.8, 4) is 5.75 Å². The van der Waals surface area contributed by atoms with Gasteiger partial charge < -0.3 is 10.5 Å². The number of nitrogens with two attached hydrogens (primary N) is 1. The van der Waals surface area contributed by atoms with Gasteiger partial charge in [-0.2, -0.15) is 0 Å². The normalized spacial score (nSPS) is 12.2. The Kier molecular flexibility index (Phi) is 4.70. The van der Waals surface area contributed by atoms with Gasteiger partial charge in [-0.3, -0.25) is 0 Å². The molecule has 0 saturated heterocycles. The predicted molar refractivity (Wildman–Crippen MR) is 80.1 cm³/mol. The fourth-order valence-electron chi connectivity index (χ4n) is 1.88. The third-order valence-corrected chi connectivity index (χ3v) is 3.18. The quantitative estimate of drug-likeness (QED) is 0.908. The van der Waals surface area contributed by atoms with Crippen LogP contribution in [-0.4, -0.2) is 6.54 Å². The molecule has 4 heteroatoms. The van der Waals surface area contributed by atoms with Gasteiger partial charge in [-0.05, 0) is 30.7 Å². The summed E-state index contributed by atoms with van der Waals surface area (Å²) >= 11 is 11.9. The second kappa shape index (κ2) is 6.29. The molecule has 100 valence electrons. The molecule has 0 saturated carbocycles. The van der Waals surface area contributed by atoms with Crippen LogP contribution in [0.4, 0.5) is 0 Å². The van der Waals surface area contributed by atoms with E-state index in [1.165, 1.54) is 5.56 Å². The van der Waals surface area contributed by atoms with Gasteiger partial charge in [-0.1, -0.05) is 53.0 Å². The molecule has 0 fully saturated rings. The maximum absolute atomic E-state index is 5.95. The summed E-state index contributed by atoms with van der Waals surface area (Å²) in [5.41, 5.74) is 8.00. The minimum atomic E-state index is -0.213. The zero-order chi connectivity index (χ0) is 13.8. The molecule has 0 aliphatic heterocycles. The van der Waals surface area contributed by atoms with E-state index in [9.17, 15) is 0 Å². The van der Waals surface area contributed by atoms with E-state index in [1.54, 1.807) is 18.2 Å². The van der Waals surface area contributed by atoms with Crippen molar-refractivity contribution in [3.05, 3.63) is 63.6 Å². The maximum Gasteiger partial charge on any atom is 0.136 e. The molecule has 2 rings (SSSR count). The van der Waals surface area contributed by atoms with Crippen molar-refractivity contribution in [3.63, 3.8) is 0 Å². The van der Waals surface area contributed by atoms with E-state index in [0.717, 1.165) is 5.56 Å². The molecule has 0 aliphatic carbocycles. The minimum absolute atomic E-state index is 0.213. The average Bonchev–Trinajstić information content (AvgIpc) is 2.34. The van der Waals surface area contributed by atoms with Gasteiger partial charge in [0.05, 0.1) is 0 Å². The van der Waals surface area contributed by atoms with Gasteiger partial charge in [0.2, 0.25) is 0 Å². The lowest BCUT2D eigenvalue weighted by molar-refractivity contribution is 0.214. The minimum Gasteiger partial charge on any atom is -0.484 e. The monoisotopic (exact) mass is 295 g/mol. The number of halogens is 2. The Labute approximate surface area is 123 Å². The molecule has 0 bridgehead atoms. The molecule has 0 aromatic heterocycles. The zero-order valence-corrected chi connectivity index (χ0v) is 12.1. The van der Waals surface area contributed by atoms with Gasteiger partial charge >= 0.3 is 0 Å². The first kappa shape index (κ1) is 14.2. The Hall–Kier alpha value is -1.22. The van der Waals surface area contributed by atoms with Crippen LogP contribution >= 0.6 is 23.2 Å². The highest BCUT2D eigenvalue weighted by Gasteiger charge is 2.12. The highest BCUT2D eigenvalue weighted by atomic mass is 35.5. The molecule has 0 radical (unpaired) electrons. The SMILES string of the molecule is Cc1cccc(C(CN)Oc2cc(Cl)cc(Cl)c2)c1. The lowest BCUT2D eigenvalue weighted by atomic mass is 10.1. The highest BCUT2D eigenvalue weighted by molar-refractivity contribution is 6.34. The standard InChI is InChI=1S/C15H15Cl2NO/c1-10-3-2-4-11(5-10)15(9-18)19-14-7-12(16)6-13(17)8-14/h2-8,15H,9,18H2,1H3. The summed E-state index contributed by atoms with van der Waals surface area (Å²) in [6.07, 6.45) is -0.213. The summed E-state index contributed by atoms with van der Waals surface area (Å²) in [5, 5.41) is 1.09. The molecule has 1 atom stereocenters. The summed E-state index contributed by atoms with van der Waals surface area (Å²) in [6, 6.07) is 13.2. The van der Waals surface area contributed by atoms with E-state index < -0.39 is 0 Å². The van der Waals surface area contributed by atoms with E-state index in [1.807, 2.05) is 25.1 Å². The van der Waals surface area contributed by atoms with E-state index in [0.29, 0.717) is 22.3 Å². The van der Waals surface area contributed by atoms with Gasteiger partial charge in [0.1, 0.15) is 11.9 Å². The number of ether oxygens (including phenoxy) is 1. The number of rotatable bonds is 4. The van der Waals surface area contributed by atoms with Crippen LogP contribution in [0, 0.1) is 6.92 Å². The van der Waals surface area contributed by atoms with Crippen LogP contribution < -0.4 is 10.5 Å². The van der Waals surface area contributed by atoms with Crippen LogP contribution in [0.15, 0.2) is 42.5 Å². The second-order valence-electron chi connectivity index (χ2n) is 4.36. The first-order valence-corrected chi connectivity index (χ1v) is 6.73. The first-order chi connectivity index (χ1) is 9.08. The van der Waals surface area contributed by atoms with Crippen LogP contribution in [0.1, 0.15) is 17.2 Å². The van der Waals surface area contributed by atoms with Crippen LogP contribution in [0.25, 0.3) is 0 Å². The van der Waals surface area contributed by atoms with Gasteiger partial charge in [-0.15, -0.1) is 0 Å². The Morgan fingerprint density at radius 2 is 1.79 bits per heavy atom. The van der Waals surface area contributed by atoms with Gasteiger partial charge in [0.25, 0.3) is 0 Å². The van der Waals surface area contributed by atoms with Crippen LogP contribution in [-0.2, 0) is 0 Å². The fraction of sp³-hybridized carbons (Fsp3) is 0.200. The second-order valence-corrected chi connectivity index (χ2v) is 5.23. The lowest BCUT2D eigenvalue weighted by Crippen LogP contribution is -2.18. The maximum atomic E-state index is 5.95. The van der Waals surface area contributed by atoms with Crippen molar-refractivity contribution in [2.45, 2.75) is 13.0 Å². The molecule has 19 heavy (non-hydrogen) atoms. The summed E-state index contributed by atoms with van der Waals surface area (Å²) < 4.78 is 5.87. The summed E-state index contributed by atoms with van der Waals surface area (Å²) in [6.45, 7) is 2.42. The Balaban J connectivity index is 2.23. The number of hydrogen-bond donors (Lipinski definition) is 1. The summed E-state index contributed by atoms with van der Waals surface area (Å²) in [5.74, 6) is 0.620. The molecule has 1 unspecified atom stereocenters. The van der Waals surface area contributed by atoms with Crippen molar-refractivity contribution in [2.75, 3.05) is 6.54 Å². The molecular formula is C15H15Cl2NO. The predicted octanol–water partition coefficient (Wildman–Crippen LogP) is 4.38. The summed E-state index contributed by atoms with van der Waals surface area (Å²) in [7, 11) is 0. The molecular weight excluding hydrogens is 281 g/mol. The smallest absolute Gasteiger partial charge is 0.136 e. The van der Waals surface area contributed by atoms with E-state index in [2.05, 4.69) is 6.07 Å². The number of hydrogen-bond acceptors (Lipinski definition) is 2. The van der Waals surface area contributed by atoms with Crippen molar-refractivity contribution in [2.24, 2.45) is 5.73 Å². The number of aryl methyl sites for hydroxylation is 1. The molecule has 2 nitrogen and oxygen atoms in total. The molecule has 2 aromatic carbocycles. The molecule has 2 aromatic rings. The first-order valence-electron chi connectivity index (χ1n) is 5.98. The third kappa shape index (κ3) is 3.87. The Morgan fingerprint density at radius 1 is 1.11 bits per heavy atom. The van der Waals surface area contributed by atoms with Gasteiger partial charge in [0.15, 0.2) is 0 Å². The van der Waals surface area contributed by atoms with E-state index >= 15 is 0 Å². The van der Waals surface area contributed by atoms with E-state index in [4.69, 9.17) is 33.7 Å². The number of benzene rings is 2. The Bertz CT molecular complexity index is 552. The fourth-order valence-corrected chi connectivity index (χ4v) is 2.39. The van der Waals surface area contributed by atoms with Crippen LogP contribution in [0.2, 0.25) is 10.0 Å². The molecule has 0 heterocycles. The zero-order valence-electron chi connectivity index (χ0n) is 10.6. The van der Waals surface area contributed by atoms with Crippen molar-refractivity contribution >= 4 is 23.2 Å². The van der Waals surface area contributed by atoms with Crippen LogP contribution in [0.5, 0.6) is 5.75 Å². The largest absolute Gasteiger partial charge is 0.484 e. The third-order valence-electron chi connectivity index (χ3n) is 2.74.